The van der Waals surface area contributed by atoms with Gasteiger partial charge in [0.2, 0.25) is 0 Å². The Morgan fingerprint density at radius 1 is 1.29 bits per heavy atom. The monoisotopic (exact) mass is 350 g/mol. The Bertz CT molecular complexity index is 794. The normalized spacial score (nSPS) is 11.0. The number of benzene rings is 1. The Labute approximate surface area is 128 Å². The van der Waals surface area contributed by atoms with Crippen LogP contribution in [0, 0.1) is 5.82 Å². The first-order valence-corrected chi connectivity index (χ1v) is 7.21. The van der Waals surface area contributed by atoms with Crippen molar-refractivity contribution in [2.24, 2.45) is 0 Å². The van der Waals surface area contributed by atoms with Gasteiger partial charge in [-0.05, 0) is 57.7 Å². The van der Waals surface area contributed by atoms with E-state index in [9.17, 15) is 9.18 Å². The molecule has 0 aliphatic rings. The number of nitrogens with zero attached hydrogens (tertiary/aromatic N) is 1. The fourth-order valence-corrected chi connectivity index (χ4v) is 2.47. The van der Waals surface area contributed by atoms with Crippen LogP contribution in [0.25, 0.3) is 10.9 Å². The van der Waals surface area contributed by atoms with Crippen LogP contribution in [0.4, 0.5) is 4.39 Å². The van der Waals surface area contributed by atoms with Crippen LogP contribution in [0.15, 0.2) is 51.7 Å². The third kappa shape index (κ3) is 3.00. The number of hydrogen-bond acceptors (Lipinski definition) is 2. The van der Waals surface area contributed by atoms with Gasteiger partial charge in [-0.1, -0.05) is 0 Å². The highest BCUT2D eigenvalue weighted by atomic mass is 79.9. The molecule has 2 heterocycles. The zero-order chi connectivity index (χ0) is 14.8. The minimum Gasteiger partial charge on any atom is -0.444 e. The van der Waals surface area contributed by atoms with Gasteiger partial charge in [-0.3, -0.25) is 4.79 Å². The molecule has 0 unspecified atom stereocenters. The van der Waals surface area contributed by atoms with Crippen LogP contribution in [-0.2, 0) is 6.54 Å². The van der Waals surface area contributed by atoms with Crippen LogP contribution in [-0.4, -0.2) is 17.0 Å². The number of aromatic nitrogens is 1. The van der Waals surface area contributed by atoms with E-state index in [-0.39, 0.29) is 17.5 Å². The van der Waals surface area contributed by atoms with Crippen molar-refractivity contribution in [1.82, 2.24) is 9.88 Å². The fraction of sp³-hybridized carbons (Fsp3) is 0.133. The maximum atomic E-state index is 13.3. The lowest BCUT2D eigenvalue weighted by atomic mass is 10.2. The number of rotatable bonds is 4. The van der Waals surface area contributed by atoms with Gasteiger partial charge in [0.25, 0.3) is 5.91 Å². The summed E-state index contributed by atoms with van der Waals surface area (Å²) in [6.45, 7) is 0.984. The van der Waals surface area contributed by atoms with E-state index in [1.165, 1.54) is 12.1 Å². The van der Waals surface area contributed by atoms with Crippen LogP contribution in [0.3, 0.4) is 0 Å². The van der Waals surface area contributed by atoms with Gasteiger partial charge in [0, 0.05) is 19.3 Å². The predicted molar refractivity (Wildman–Crippen MR) is 80.6 cm³/mol. The molecule has 0 saturated heterocycles. The van der Waals surface area contributed by atoms with Gasteiger partial charge in [0.1, 0.15) is 5.82 Å². The average molecular weight is 351 g/mol. The van der Waals surface area contributed by atoms with Crippen LogP contribution in [0.5, 0.6) is 0 Å². The lowest BCUT2D eigenvalue weighted by Crippen LogP contribution is -2.26. The zero-order valence-electron chi connectivity index (χ0n) is 11.0. The molecule has 4 nitrogen and oxygen atoms in total. The van der Waals surface area contributed by atoms with Crippen molar-refractivity contribution in [3.05, 3.63) is 58.8 Å². The summed E-state index contributed by atoms with van der Waals surface area (Å²) in [6.07, 6.45) is 1.87. The lowest BCUT2D eigenvalue weighted by molar-refractivity contribution is 0.0923. The van der Waals surface area contributed by atoms with E-state index < -0.39 is 0 Å². The maximum Gasteiger partial charge on any atom is 0.287 e. The molecular formula is C15H12BrFN2O2. The fourth-order valence-electron chi connectivity index (χ4n) is 2.17. The quantitative estimate of drug-likeness (QED) is 0.781. The Morgan fingerprint density at radius 3 is 2.90 bits per heavy atom. The summed E-state index contributed by atoms with van der Waals surface area (Å²) >= 11 is 3.15. The highest BCUT2D eigenvalue weighted by Crippen LogP contribution is 2.17. The highest BCUT2D eigenvalue weighted by Gasteiger charge is 2.09. The number of amides is 1. The highest BCUT2D eigenvalue weighted by molar-refractivity contribution is 9.10. The molecule has 21 heavy (non-hydrogen) atoms. The summed E-state index contributed by atoms with van der Waals surface area (Å²) in [6, 6.07) is 9.83. The van der Waals surface area contributed by atoms with Gasteiger partial charge in [0.05, 0.1) is 5.52 Å². The van der Waals surface area contributed by atoms with E-state index in [1.54, 1.807) is 18.2 Å². The Morgan fingerprint density at radius 2 is 2.14 bits per heavy atom. The Kier molecular flexibility index (Phi) is 3.79. The average Bonchev–Trinajstić information content (AvgIpc) is 3.05. The van der Waals surface area contributed by atoms with Crippen molar-refractivity contribution in [2.75, 3.05) is 6.54 Å². The topological polar surface area (TPSA) is 47.2 Å². The van der Waals surface area contributed by atoms with Gasteiger partial charge in [0.15, 0.2) is 10.4 Å². The van der Waals surface area contributed by atoms with E-state index in [4.69, 9.17) is 4.42 Å². The first-order valence-electron chi connectivity index (χ1n) is 6.41. The summed E-state index contributed by atoms with van der Waals surface area (Å²) < 4.78 is 20.8. The maximum absolute atomic E-state index is 13.3. The van der Waals surface area contributed by atoms with Crippen molar-refractivity contribution >= 4 is 32.7 Å². The number of halogens is 2. The molecule has 0 saturated carbocycles. The number of fused-ring (bicyclic) bond motifs is 1. The molecule has 0 aliphatic heterocycles. The van der Waals surface area contributed by atoms with E-state index in [1.807, 2.05) is 16.8 Å². The molecular weight excluding hydrogens is 339 g/mol. The van der Waals surface area contributed by atoms with Gasteiger partial charge in [-0.25, -0.2) is 4.39 Å². The minimum absolute atomic E-state index is 0.255. The zero-order valence-corrected chi connectivity index (χ0v) is 12.6. The van der Waals surface area contributed by atoms with Crippen molar-refractivity contribution in [1.29, 1.82) is 0 Å². The van der Waals surface area contributed by atoms with Gasteiger partial charge >= 0.3 is 0 Å². The number of carbonyl (C=O) groups is 1. The summed E-state index contributed by atoms with van der Waals surface area (Å²) in [5.74, 6) is -0.291. The Hall–Kier alpha value is -2.08. The molecule has 0 radical (unpaired) electrons. The van der Waals surface area contributed by atoms with E-state index in [2.05, 4.69) is 21.2 Å². The number of carbonyl (C=O) groups excluding carboxylic acids is 1. The molecule has 1 N–H and O–H groups in total. The summed E-state index contributed by atoms with van der Waals surface area (Å²) in [4.78, 5) is 11.8. The molecule has 0 bridgehead atoms. The second-order valence-corrected chi connectivity index (χ2v) is 5.35. The molecule has 0 spiro atoms. The second-order valence-electron chi connectivity index (χ2n) is 4.57. The second kappa shape index (κ2) is 5.73. The molecule has 0 aliphatic carbocycles. The van der Waals surface area contributed by atoms with Gasteiger partial charge < -0.3 is 14.3 Å². The van der Waals surface area contributed by atoms with Crippen molar-refractivity contribution in [3.8, 4) is 0 Å². The van der Waals surface area contributed by atoms with Crippen molar-refractivity contribution in [2.45, 2.75) is 6.54 Å². The molecule has 108 valence electrons. The van der Waals surface area contributed by atoms with E-state index in [0.717, 1.165) is 10.9 Å². The van der Waals surface area contributed by atoms with Crippen LogP contribution < -0.4 is 5.32 Å². The molecule has 1 amide bonds. The largest absolute Gasteiger partial charge is 0.444 e. The first kappa shape index (κ1) is 13.9. The summed E-state index contributed by atoms with van der Waals surface area (Å²) in [5, 5.41) is 3.73. The van der Waals surface area contributed by atoms with Crippen molar-refractivity contribution < 1.29 is 13.6 Å². The van der Waals surface area contributed by atoms with Gasteiger partial charge in [-0.2, -0.15) is 0 Å². The lowest BCUT2D eigenvalue weighted by Gasteiger charge is -2.06. The summed E-state index contributed by atoms with van der Waals surface area (Å²) in [5.41, 5.74) is 0.810. The SMILES string of the molecule is O=C(NCCn1ccc2ccc(F)cc21)c1ccc(Br)o1. The molecule has 1 aromatic carbocycles. The standard InChI is InChI=1S/C15H12BrFN2O2/c16-14-4-3-13(21-14)15(20)18-6-8-19-7-5-10-1-2-11(17)9-12(10)19/h1-5,7,9H,6,8H2,(H,18,20). The molecule has 0 atom stereocenters. The first-order chi connectivity index (χ1) is 10.1. The van der Waals surface area contributed by atoms with Gasteiger partial charge in [-0.15, -0.1) is 0 Å². The number of nitrogens with one attached hydrogen (secondary N) is 1. The van der Waals surface area contributed by atoms with Crippen LogP contribution in [0.1, 0.15) is 10.6 Å². The number of hydrogen-bond donors (Lipinski definition) is 1. The molecule has 0 fully saturated rings. The molecule has 3 aromatic rings. The molecule has 3 rings (SSSR count). The van der Waals surface area contributed by atoms with E-state index in [0.29, 0.717) is 17.8 Å². The van der Waals surface area contributed by atoms with Crippen LogP contribution in [0.2, 0.25) is 0 Å². The summed E-state index contributed by atoms with van der Waals surface area (Å²) in [7, 11) is 0. The smallest absolute Gasteiger partial charge is 0.287 e. The Balaban J connectivity index is 1.64. The third-order valence-electron chi connectivity index (χ3n) is 3.17. The van der Waals surface area contributed by atoms with Crippen molar-refractivity contribution in [3.63, 3.8) is 0 Å². The van der Waals surface area contributed by atoms with Crippen LogP contribution >= 0.6 is 15.9 Å². The minimum atomic E-state index is -0.275. The van der Waals surface area contributed by atoms with E-state index >= 15 is 0 Å². The number of furan rings is 1. The predicted octanol–water partition coefficient (Wildman–Crippen LogP) is 3.57. The third-order valence-corrected chi connectivity index (χ3v) is 3.60. The molecule has 6 heteroatoms. The molecule has 2 aromatic heterocycles.